The Bertz CT molecular complexity index is 372. The van der Waals surface area contributed by atoms with Crippen molar-refractivity contribution in [1.29, 1.82) is 0 Å². The molecule has 0 aromatic heterocycles. The number of hydrogen-bond acceptors (Lipinski definition) is 2. The topological polar surface area (TPSA) is 29.5 Å². The van der Waals surface area contributed by atoms with Gasteiger partial charge in [-0.1, -0.05) is 44.7 Å². The smallest absolute Gasteiger partial charge is 0.127 e. The molecule has 1 atom stereocenters. The van der Waals surface area contributed by atoms with E-state index in [1.165, 1.54) is 24.8 Å². The molecule has 2 heteroatoms. The van der Waals surface area contributed by atoms with Gasteiger partial charge in [0.05, 0.1) is 13.2 Å². The SMILES string of the molecule is CCCCCCC(O)c1ccc(C)c(C)c1OC. The standard InChI is InChI=1S/C16H26O2/c1-5-6-7-8-9-15(17)14-11-10-12(2)13(3)16(14)18-4/h10-11,15,17H,5-9H2,1-4H3. The van der Waals surface area contributed by atoms with E-state index in [2.05, 4.69) is 19.9 Å². The molecule has 0 heterocycles. The summed E-state index contributed by atoms with van der Waals surface area (Å²) in [6.07, 6.45) is 5.15. The van der Waals surface area contributed by atoms with E-state index in [-0.39, 0.29) is 0 Å². The summed E-state index contributed by atoms with van der Waals surface area (Å²) in [6, 6.07) is 4.05. The maximum Gasteiger partial charge on any atom is 0.127 e. The van der Waals surface area contributed by atoms with Crippen LogP contribution in [0.15, 0.2) is 12.1 Å². The van der Waals surface area contributed by atoms with Crippen molar-refractivity contribution in [3.05, 3.63) is 28.8 Å². The minimum absolute atomic E-state index is 0.406. The third-order valence-corrected chi connectivity index (χ3v) is 3.60. The van der Waals surface area contributed by atoms with Crippen LogP contribution in [0.1, 0.15) is 61.8 Å². The molecule has 0 aliphatic rings. The number of hydrogen-bond donors (Lipinski definition) is 1. The van der Waals surface area contributed by atoms with Gasteiger partial charge in [-0.05, 0) is 31.4 Å². The molecule has 1 aromatic rings. The van der Waals surface area contributed by atoms with Crippen molar-refractivity contribution in [2.45, 2.75) is 59.0 Å². The molecule has 1 rings (SSSR count). The molecule has 1 aromatic carbocycles. The van der Waals surface area contributed by atoms with Gasteiger partial charge in [-0.3, -0.25) is 0 Å². The minimum Gasteiger partial charge on any atom is -0.496 e. The summed E-state index contributed by atoms with van der Waals surface area (Å²) in [5.41, 5.74) is 3.26. The highest BCUT2D eigenvalue weighted by Crippen LogP contribution is 2.33. The second-order valence-electron chi connectivity index (χ2n) is 5.00. The van der Waals surface area contributed by atoms with Gasteiger partial charge in [0.2, 0.25) is 0 Å². The molecule has 102 valence electrons. The third-order valence-electron chi connectivity index (χ3n) is 3.60. The van der Waals surface area contributed by atoms with E-state index in [1.807, 2.05) is 13.0 Å². The van der Waals surface area contributed by atoms with Crippen LogP contribution in [0.2, 0.25) is 0 Å². The predicted molar refractivity (Wildman–Crippen MR) is 76.2 cm³/mol. The number of rotatable bonds is 7. The highest BCUT2D eigenvalue weighted by atomic mass is 16.5. The molecule has 0 bridgehead atoms. The first kappa shape index (κ1) is 15.0. The van der Waals surface area contributed by atoms with Crippen molar-refractivity contribution >= 4 is 0 Å². The van der Waals surface area contributed by atoms with E-state index in [9.17, 15) is 5.11 Å². The van der Waals surface area contributed by atoms with Crippen molar-refractivity contribution in [2.75, 3.05) is 7.11 Å². The Morgan fingerprint density at radius 1 is 1.17 bits per heavy atom. The molecular formula is C16H26O2. The zero-order valence-corrected chi connectivity index (χ0v) is 12.1. The molecule has 2 nitrogen and oxygen atoms in total. The summed E-state index contributed by atoms with van der Waals surface area (Å²) >= 11 is 0. The maximum absolute atomic E-state index is 10.3. The fourth-order valence-electron chi connectivity index (χ4n) is 2.26. The van der Waals surface area contributed by atoms with Crippen molar-refractivity contribution in [3.63, 3.8) is 0 Å². The fraction of sp³-hybridized carbons (Fsp3) is 0.625. The molecule has 0 fully saturated rings. The van der Waals surface area contributed by atoms with Crippen LogP contribution >= 0.6 is 0 Å². The van der Waals surface area contributed by atoms with Crippen LogP contribution in [-0.2, 0) is 0 Å². The Balaban J connectivity index is 2.73. The quantitative estimate of drug-likeness (QED) is 0.730. The number of unbranched alkanes of at least 4 members (excludes halogenated alkanes) is 3. The molecule has 0 radical (unpaired) electrons. The fourth-order valence-corrected chi connectivity index (χ4v) is 2.26. The molecule has 0 saturated heterocycles. The van der Waals surface area contributed by atoms with Gasteiger partial charge in [0.15, 0.2) is 0 Å². The minimum atomic E-state index is -0.406. The van der Waals surface area contributed by atoms with E-state index in [0.717, 1.165) is 29.7 Å². The summed E-state index contributed by atoms with van der Waals surface area (Å²) in [6.45, 7) is 6.31. The van der Waals surface area contributed by atoms with Crippen LogP contribution < -0.4 is 4.74 Å². The number of aliphatic hydroxyl groups excluding tert-OH is 1. The first-order valence-electron chi connectivity index (χ1n) is 6.94. The van der Waals surface area contributed by atoms with Crippen LogP contribution in [0.5, 0.6) is 5.75 Å². The van der Waals surface area contributed by atoms with Crippen molar-refractivity contribution in [3.8, 4) is 5.75 Å². The predicted octanol–water partition coefficient (Wildman–Crippen LogP) is 4.32. The van der Waals surface area contributed by atoms with Gasteiger partial charge >= 0.3 is 0 Å². The maximum atomic E-state index is 10.3. The Labute approximate surface area is 111 Å². The largest absolute Gasteiger partial charge is 0.496 e. The number of ether oxygens (including phenoxy) is 1. The molecule has 0 aliphatic carbocycles. The molecule has 0 saturated carbocycles. The van der Waals surface area contributed by atoms with Crippen LogP contribution in [-0.4, -0.2) is 12.2 Å². The Morgan fingerprint density at radius 3 is 2.50 bits per heavy atom. The Morgan fingerprint density at radius 2 is 1.89 bits per heavy atom. The lowest BCUT2D eigenvalue weighted by atomic mass is 9.97. The van der Waals surface area contributed by atoms with E-state index in [4.69, 9.17) is 4.74 Å². The molecule has 18 heavy (non-hydrogen) atoms. The van der Waals surface area contributed by atoms with Gasteiger partial charge in [0.1, 0.15) is 5.75 Å². The van der Waals surface area contributed by atoms with Gasteiger partial charge in [0, 0.05) is 5.56 Å². The number of aryl methyl sites for hydroxylation is 1. The summed E-state index contributed by atoms with van der Waals surface area (Å²) in [7, 11) is 1.68. The summed E-state index contributed by atoms with van der Waals surface area (Å²) in [5, 5.41) is 10.3. The lowest BCUT2D eigenvalue weighted by Gasteiger charge is -2.18. The second-order valence-corrected chi connectivity index (χ2v) is 5.00. The Kier molecular flexibility index (Phi) is 6.20. The molecule has 1 N–H and O–H groups in total. The van der Waals surface area contributed by atoms with Gasteiger partial charge in [-0.25, -0.2) is 0 Å². The van der Waals surface area contributed by atoms with E-state index in [1.54, 1.807) is 7.11 Å². The summed E-state index contributed by atoms with van der Waals surface area (Å²) < 4.78 is 5.45. The van der Waals surface area contributed by atoms with Crippen LogP contribution in [0.3, 0.4) is 0 Å². The average Bonchev–Trinajstić information content (AvgIpc) is 2.37. The number of aliphatic hydroxyl groups is 1. The highest BCUT2D eigenvalue weighted by Gasteiger charge is 2.15. The molecule has 0 amide bonds. The Hall–Kier alpha value is -1.02. The van der Waals surface area contributed by atoms with Gasteiger partial charge < -0.3 is 9.84 Å². The first-order valence-corrected chi connectivity index (χ1v) is 6.94. The van der Waals surface area contributed by atoms with Crippen LogP contribution in [0.4, 0.5) is 0 Å². The molecular weight excluding hydrogens is 224 g/mol. The van der Waals surface area contributed by atoms with Gasteiger partial charge in [-0.15, -0.1) is 0 Å². The zero-order chi connectivity index (χ0) is 13.5. The average molecular weight is 250 g/mol. The van der Waals surface area contributed by atoms with Gasteiger partial charge in [0.25, 0.3) is 0 Å². The van der Waals surface area contributed by atoms with Crippen molar-refractivity contribution in [1.82, 2.24) is 0 Å². The van der Waals surface area contributed by atoms with Gasteiger partial charge in [-0.2, -0.15) is 0 Å². The first-order chi connectivity index (χ1) is 8.61. The summed E-state index contributed by atoms with van der Waals surface area (Å²) in [5.74, 6) is 0.845. The molecule has 0 aliphatic heterocycles. The highest BCUT2D eigenvalue weighted by molar-refractivity contribution is 5.46. The number of benzene rings is 1. The van der Waals surface area contributed by atoms with Crippen LogP contribution in [0, 0.1) is 13.8 Å². The normalized spacial score (nSPS) is 12.5. The van der Waals surface area contributed by atoms with E-state index < -0.39 is 6.10 Å². The van der Waals surface area contributed by atoms with E-state index >= 15 is 0 Å². The summed E-state index contributed by atoms with van der Waals surface area (Å²) in [4.78, 5) is 0. The lowest BCUT2D eigenvalue weighted by molar-refractivity contribution is 0.159. The molecule has 0 spiro atoms. The number of methoxy groups -OCH3 is 1. The van der Waals surface area contributed by atoms with E-state index in [0.29, 0.717) is 0 Å². The van der Waals surface area contributed by atoms with Crippen molar-refractivity contribution in [2.24, 2.45) is 0 Å². The zero-order valence-electron chi connectivity index (χ0n) is 12.1. The van der Waals surface area contributed by atoms with Crippen molar-refractivity contribution < 1.29 is 9.84 Å². The van der Waals surface area contributed by atoms with Crippen LogP contribution in [0.25, 0.3) is 0 Å². The third kappa shape index (κ3) is 3.74. The molecule has 1 unspecified atom stereocenters. The second kappa shape index (κ2) is 7.42. The lowest BCUT2D eigenvalue weighted by Crippen LogP contribution is -2.03. The monoisotopic (exact) mass is 250 g/mol.